The lowest BCUT2D eigenvalue weighted by Crippen LogP contribution is -2.28. The van der Waals surface area contributed by atoms with Gasteiger partial charge < -0.3 is 11.1 Å². The Kier molecular flexibility index (Phi) is 2.55. The monoisotopic (exact) mass is 256 g/mol. The van der Waals surface area contributed by atoms with E-state index in [-0.39, 0.29) is 5.91 Å². The van der Waals surface area contributed by atoms with Gasteiger partial charge in [-0.3, -0.25) is 9.48 Å². The maximum Gasteiger partial charge on any atom is 0.236 e. The van der Waals surface area contributed by atoms with Gasteiger partial charge in [0.1, 0.15) is 5.82 Å². The molecule has 0 bridgehead atoms. The molecule has 3 rings (SSSR count). The number of carbonyl (C=O) groups is 1. The van der Waals surface area contributed by atoms with Crippen molar-refractivity contribution in [2.45, 2.75) is 18.3 Å². The first-order chi connectivity index (χ1) is 9.12. The second kappa shape index (κ2) is 4.12. The van der Waals surface area contributed by atoms with Crippen molar-refractivity contribution in [2.24, 2.45) is 7.05 Å². The fraction of sp³-hybridized carbons (Fsp3) is 0.286. The molecule has 98 valence electrons. The van der Waals surface area contributed by atoms with Gasteiger partial charge in [0.05, 0.1) is 11.6 Å². The molecular formula is C14H16N4O. The van der Waals surface area contributed by atoms with Crippen LogP contribution < -0.4 is 11.1 Å². The van der Waals surface area contributed by atoms with Gasteiger partial charge in [-0.2, -0.15) is 5.10 Å². The molecule has 19 heavy (non-hydrogen) atoms. The molecule has 0 radical (unpaired) electrons. The first-order valence-electron chi connectivity index (χ1n) is 6.27. The average molecular weight is 256 g/mol. The molecule has 1 fully saturated rings. The summed E-state index contributed by atoms with van der Waals surface area (Å²) < 4.78 is 1.65. The number of anilines is 2. The van der Waals surface area contributed by atoms with Gasteiger partial charge in [-0.1, -0.05) is 12.1 Å². The fourth-order valence-corrected chi connectivity index (χ4v) is 2.31. The van der Waals surface area contributed by atoms with Gasteiger partial charge in [-0.15, -0.1) is 0 Å². The maximum atomic E-state index is 12.4. The van der Waals surface area contributed by atoms with Gasteiger partial charge in [0.2, 0.25) is 5.91 Å². The van der Waals surface area contributed by atoms with Crippen molar-refractivity contribution in [2.75, 3.05) is 11.1 Å². The molecule has 3 N–H and O–H groups in total. The molecule has 2 aromatic rings. The van der Waals surface area contributed by atoms with E-state index >= 15 is 0 Å². The van der Waals surface area contributed by atoms with Crippen molar-refractivity contribution < 1.29 is 4.79 Å². The Morgan fingerprint density at radius 1 is 1.32 bits per heavy atom. The predicted octanol–water partition coefficient (Wildman–Crippen LogP) is 1.67. The number of rotatable bonds is 3. The number of aromatic nitrogens is 2. The van der Waals surface area contributed by atoms with Crippen molar-refractivity contribution in [3.05, 3.63) is 42.1 Å². The van der Waals surface area contributed by atoms with Crippen LogP contribution in [0.25, 0.3) is 0 Å². The summed E-state index contributed by atoms with van der Waals surface area (Å²) in [6.45, 7) is 0. The van der Waals surface area contributed by atoms with Crippen LogP contribution in [0.4, 0.5) is 11.5 Å². The maximum absolute atomic E-state index is 12.4. The van der Waals surface area contributed by atoms with E-state index in [1.165, 1.54) is 0 Å². The number of hydrogen-bond donors (Lipinski definition) is 2. The number of nitrogens with zero attached hydrogens (tertiary/aromatic N) is 2. The zero-order valence-electron chi connectivity index (χ0n) is 10.8. The Hall–Kier alpha value is -2.30. The van der Waals surface area contributed by atoms with Crippen molar-refractivity contribution in [1.82, 2.24) is 9.78 Å². The largest absolute Gasteiger partial charge is 0.399 e. The van der Waals surface area contributed by atoms with E-state index in [4.69, 9.17) is 5.73 Å². The van der Waals surface area contributed by atoms with Crippen LogP contribution in [0.1, 0.15) is 18.4 Å². The van der Waals surface area contributed by atoms with Crippen LogP contribution in [-0.2, 0) is 17.3 Å². The van der Waals surface area contributed by atoms with Gasteiger partial charge in [0.15, 0.2) is 0 Å². The first-order valence-corrected chi connectivity index (χ1v) is 6.27. The van der Waals surface area contributed by atoms with Crippen molar-refractivity contribution in [3.63, 3.8) is 0 Å². The number of amides is 1. The van der Waals surface area contributed by atoms with E-state index in [1.54, 1.807) is 24.0 Å². The average Bonchev–Trinajstić information content (AvgIpc) is 3.11. The standard InChI is InChI=1S/C14H16N4O/c1-18-12(6-9-16-18)17-13(19)14(7-8-14)10-2-4-11(15)5-3-10/h2-6,9H,7-8,15H2,1H3,(H,17,19). The van der Waals surface area contributed by atoms with Crippen LogP contribution in [0.3, 0.4) is 0 Å². The molecule has 1 aromatic carbocycles. The van der Waals surface area contributed by atoms with Gasteiger partial charge in [0, 0.05) is 18.8 Å². The van der Waals surface area contributed by atoms with Gasteiger partial charge in [0.25, 0.3) is 0 Å². The highest BCUT2D eigenvalue weighted by atomic mass is 16.2. The van der Waals surface area contributed by atoms with Crippen LogP contribution in [0.2, 0.25) is 0 Å². The minimum atomic E-state index is -0.391. The van der Waals surface area contributed by atoms with E-state index in [1.807, 2.05) is 24.3 Å². The number of nitrogens with two attached hydrogens (primary N) is 1. The zero-order valence-corrected chi connectivity index (χ0v) is 10.8. The third-order valence-corrected chi connectivity index (χ3v) is 3.71. The summed E-state index contributed by atoms with van der Waals surface area (Å²) in [5.74, 6) is 0.743. The Morgan fingerprint density at radius 3 is 2.53 bits per heavy atom. The minimum absolute atomic E-state index is 0.0286. The molecule has 5 heteroatoms. The van der Waals surface area contributed by atoms with Crippen molar-refractivity contribution >= 4 is 17.4 Å². The first kappa shape index (κ1) is 11.8. The quantitative estimate of drug-likeness (QED) is 0.820. The van der Waals surface area contributed by atoms with E-state index in [0.29, 0.717) is 11.5 Å². The summed E-state index contributed by atoms with van der Waals surface area (Å²) in [6, 6.07) is 9.34. The third-order valence-electron chi connectivity index (χ3n) is 3.71. The molecule has 0 unspecified atom stereocenters. The van der Waals surface area contributed by atoms with Crippen LogP contribution in [0.15, 0.2) is 36.5 Å². The number of carbonyl (C=O) groups excluding carboxylic acids is 1. The minimum Gasteiger partial charge on any atom is -0.399 e. The molecular weight excluding hydrogens is 240 g/mol. The summed E-state index contributed by atoms with van der Waals surface area (Å²) in [5, 5.41) is 6.98. The summed E-state index contributed by atoms with van der Waals surface area (Å²) in [6.07, 6.45) is 3.42. The molecule has 1 aliphatic carbocycles. The normalized spacial score (nSPS) is 16.1. The number of nitrogen functional groups attached to an aromatic ring is 1. The SMILES string of the molecule is Cn1nccc1NC(=O)C1(c2ccc(N)cc2)CC1. The summed E-state index contributed by atoms with van der Waals surface area (Å²) in [5.41, 5.74) is 7.04. The van der Waals surface area contributed by atoms with E-state index in [2.05, 4.69) is 10.4 Å². The fourth-order valence-electron chi connectivity index (χ4n) is 2.31. The number of hydrogen-bond acceptors (Lipinski definition) is 3. The molecule has 1 aromatic heterocycles. The lowest BCUT2D eigenvalue weighted by atomic mass is 9.95. The predicted molar refractivity (Wildman–Crippen MR) is 73.6 cm³/mol. The van der Waals surface area contributed by atoms with E-state index in [9.17, 15) is 4.79 Å². The summed E-state index contributed by atoms with van der Waals surface area (Å²) in [7, 11) is 1.80. The molecule has 1 saturated carbocycles. The number of nitrogens with one attached hydrogen (secondary N) is 1. The highest BCUT2D eigenvalue weighted by Gasteiger charge is 2.51. The highest BCUT2D eigenvalue weighted by Crippen LogP contribution is 2.49. The number of aryl methyl sites for hydroxylation is 1. The zero-order chi connectivity index (χ0) is 13.5. The topological polar surface area (TPSA) is 72.9 Å². The van der Waals surface area contributed by atoms with Crippen molar-refractivity contribution in [3.8, 4) is 0 Å². The van der Waals surface area contributed by atoms with Gasteiger partial charge in [-0.05, 0) is 30.5 Å². The van der Waals surface area contributed by atoms with Crippen LogP contribution in [0.5, 0.6) is 0 Å². The molecule has 1 aliphatic rings. The van der Waals surface area contributed by atoms with Crippen molar-refractivity contribution in [1.29, 1.82) is 0 Å². The molecule has 0 atom stereocenters. The van der Waals surface area contributed by atoms with Gasteiger partial charge in [-0.25, -0.2) is 0 Å². The third kappa shape index (κ3) is 1.97. The Morgan fingerprint density at radius 2 is 2.00 bits per heavy atom. The van der Waals surface area contributed by atoms with Gasteiger partial charge >= 0.3 is 0 Å². The Bertz CT molecular complexity index is 611. The molecule has 1 amide bonds. The molecule has 0 aliphatic heterocycles. The second-order valence-electron chi connectivity index (χ2n) is 5.00. The van der Waals surface area contributed by atoms with E-state index < -0.39 is 5.41 Å². The summed E-state index contributed by atoms with van der Waals surface area (Å²) in [4.78, 5) is 12.4. The lowest BCUT2D eigenvalue weighted by molar-refractivity contribution is -0.118. The smallest absolute Gasteiger partial charge is 0.236 e. The number of benzene rings is 1. The summed E-state index contributed by atoms with van der Waals surface area (Å²) >= 11 is 0. The van der Waals surface area contributed by atoms with E-state index in [0.717, 1.165) is 18.4 Å². The highest BCUT2D eigenvalue weighted by molar-refractivity contribution is 6.00. The molecule has 5 nitrogen and oxygen atoms in total. The Labute approximate surface area is 111 Å². The molecule has 0 spiro atoms. The van der Waals surface area contributed by atoms with Crippen LogP contribution in [-0.4, -0.2) is 15.7 Å². The van der Waals surface area contributed by atoms with Crippen LogP contribution in [0, 0.1) is 0 Å². The second-order valence-corrected chi connectivity index (χ2v) is 5.00. The van der Waals surface area contributed by atoms with Crippen LogP contribution >= 0.6 is 0 Å². The Balaban J connectivity index is 1.83. The molecule has 0 saturated heterocycles. The molecule has 1 heterocycles. The lowest BCUT2D eigenvalue weighted by Gasteiger charge is -2.16.